The fourth-order valence-corrected chi connectivity index (χ4v) is 3.71. The Morgan fingerprint density at radius 1 is 1.46 bits per heavy atom. The molecule has 1 saturated carbocycles. The first-order chi connectivity index (χ1) is 11.5. The summed E-state index contributed by atoms with van der Waals surface area (Å²) in [4.78, 5) is 18.4. The van der Waals surface area contributed by atoms with Crippen LogP contribution < -0.4 is 5.73 Å². The minimum absolute atomic E-state index is 0.0174. The number of nitrogens with zero attached hydrogens (tertiary/aromatic N) is 2. The molecule has 2 rings (SSSR count). The Balaban J connectivity index is 2.04. The number of carbonyl (C=O) groups is 1. The summed E-state index contributed by atoms with van der Waals surface area (Å²) in [5.74, 6) is 0.0762. The van der Waals surface area contributed by atoms with E-state index in [1.54, 1.807) is 0 Å². The first kappa shape index (κ1) is 18.5. The molecule has 0 amide bonds. The van der Waals surface area contributed by atoms with Crippen LogP contribution in [-0.4, -0.2) is 41.6 Å². The number of halogens is 1. The van der Waals surface area contributed by atoms with Crippen molar-refractivity contribution in [1.82, 2.24) is 4.90 Å². The van der Waals surface area contributed by atoms with Crippen LogP contribution in [0.15, 0.2) is 29.6 Å². The predicted molar refractivity (Wildman–Crippen MR) is 93.1 cm³/mol. The average Bonchev–Trinajstić information content (AvgIpc) is 2.54. The zero-order valence-corrected chi connectivity index (χ0v) is 14.6. The van der Waals surface area contributed by atoms with Crippen molar-refractivity contribution in [2.75, 3.05) is 6.61 Å². The van der Waals surface area contributed by atoms with E-state index >= 15 is 0 Å². The number of ether oxygens (including phenoxy) is 1. The van der Waals surface area contributed by atoms with E-state index in [-0.39, 0.29) is 35.8 Å². The highest BCUT2D eigenvalue weighted by molar-refractivity contribution is 5.80. The molecule has 0 aromatic heterocycles. The second-order valence-electron chi connectivity index (χ2n) is 6.51. The molecule has 1 heterocycles. The largest absolute Gasteiger partial charge is 0.466 e. The highest BCUT2D eigenvalue weighted by Gasteiger charge is 2.36. The molecule has 5 nitrogen and oxygen atoms in total. The van der Waals surface area contributed by atoms with Crippen LogP contribution in [0, 0.1) is 5.92 Å². The van der Waals surface area contributed by atoms with Crippen LogP contribution in [0.25, 0.3) is 0 Å². The molecule has 0 bridgehead atoms. The van der Waals surface area contributed by atoms with E-state index in [0.717, 1.165) is 25.7 Å². The van der Waals surface area contributed by atoms with E-state index in [2.05, 4.69) is 16.5 Å². The van der Waals surface area contributed by atoms with Crippen LogP contribution in [0.4, 0.5) is 4.39 Å². The van der Waals surface area contributed by atoms with Gasteiger partial charge in [-0.15, -0.1) is 6.58 Å². The molecule has 1 aliphatic carbocycles. The highest BCUT2D eigenvalue weighted by atomic mass is 19.1. The van der Waals surface area contributed by atoms with E-state index < -0.39 is 0 Å². The van der Waals surface area contributed by atoms with E-state index in [9.17, 15) is 9.18 Å². The number of hydrogen-bond acceptors (Lipinski definition) is 5. The summed E-state index contributed by atoms with van der Waals surface area (Å²) in [6.45, 7) is 7.57. The van der Waals surface area contributed by atoms with Gasteiger partial charge in [0.1, 0.15) is 0 Å². The molecular formula is C18H28FN3O2. The predicted octanol–water partition coefficient (Wildman–Crippen LogP) is 2.93. The molecule has 0 saturated heterocycles. The summed E-state index contributed by atoms with van der Waals surface area (Å²) in [6.07, 6.45) is 7.35. The van der Waals surface area contributed by atoms with Crippen molar-refractivity contribution < 1.29 is 13.9 Å². The van der Waals surface area contributed by atoms with Crippen molar-refractivity contribution in [3.05, 3.63) is 24.6 Å². The van der Waals surface area contributed by atoms with Crippen molar-refractivity contribution in [3.63, 3.8) is 0 Å². The van der Waals surface area contributed by atoms with Gasteiger partial charge in [-0.05, 0) is 52.0 Å². The molecule has 0 spiro atoms. The Bertz CT molecular complexity index is 520. The lowest BCUT2D eigenvalue weighted by atomic mass is 9.84. The molecule has 134 valence electrons. The monoisotopic (exact) mass is 337 g/mol. The van der Waals surface area contributed by atoms with Crippen LogP contribution in [-0.2, 0) is 9.53 Å². The lowest BCUT2D eigenvalue weighted by Crippen LogP contribution is -2.54. The molecule has 1 fully saturated rings. The Hall–Kier alpha value is -1.85. The van der Waals surface area contributed by atoms with Crippen molar-refractivity contribution in [1.29, 1.82) is 0 Å². The minimum Gasteiger partial charge on any atom is -0.466 e. The third kappa shape index (κ3) is 4.36. The van der Waals surface area contributed by atoms with Crippen LogP contribution in [0.1, 0.15) is 46.0 Å². The molecule has 0 radical (unpaired) electrons. The molecule has 2 unspecified atom stereocenters. The summed E-state index contributed by atoms with van der Waals surface area (Å²) >= 11 is 0. The molecule has 6 heteroatoms. The number of guanidine groups is 1. The van der Waals surface area contributed by atoms with E-state index in [1.807, 2.05) is 13.0 Å². The number of allylic oxidation sites excluding steroid dienone is 1. The van der Waals surface area contributed by atoms with Crippen molar-refractivity contribution in [3.8, 4) is 0 Å². The highest BCUT2D eigenvalue weighted by Crippen LogP contribution is 2.32. The van der Waals surface area contributed by atoms with Gasteiger partial charge in [0.25, 0.3) is 0 Å². The fourth-order valence-electron chi connectivity index (χ4n) is 3.71. The summed E-state index contributed by atoms with van der Waals surface area (Å²) in [5, 5.41) is 0. The Morgan fingerprint density at radius 2 is 2.12 bits per heavy atom. The van der Waals surface area contributed by atoms with Crippen molar-refractivity contribution >= 4 is 11.9 Å². The van der Waals surface area contributed by atoms with Crippen LogP contribution in [0.2, 0.25) is 0 Å². The fraction of sp³-hybridized carbons (Fsp3) is 0.667. The van der Waals surface area contributed by atoms with Gasteiger partial charge < -0.3 is 15.4 Å². The van der Waals surface area contributed by atoms with Gasteiger partial charge in [-0.1, -0.05) is 6.08 Å². The van der Waals surface area contributed by atoms with Crippen molar-refractivity contribution in [2.24, 2.45) is 16.6 Å². The van der Waals surface area contributed by atoms with Crippen LogP contribution in [0.3, 0.4) is 0 Å². The number of esters is 1. The first-order valence-electron chi connectivity index (χ1n) is 8.71. The molecular weight excluding hydrogens is 309 g/mol. The SMILES string of the molecule is C=CC1CC(/C=C(\C)F)N=C(N)N1C1CCC(C(=O)OCC)CC1. The maximum atomic E-state index is 13.1. The van der Waals surface area contributed by atoms with Crippen LogP contribution in [0.5, 0.6) is 0 Å². The van der Waals surface area contributed by atoms with Gasteiger partial charge in [0.15, 0.2) is 5.96 Å². The molecule has 2 atom stereocenters. The standard InChI is InChI=1S/C18H28FN3O2/c1-4-15-11-14(10-12(3)19)21-18(20)22(15)16-8-6-13(7-9-16)17(23)24-5-2/h4,10,13-16H,1,5-9,11H2,2-3H3,(H2,20,21)/b12-10+. The quantitative estimate of drug-likeness (QED) is 0.619. The van der Waals surface area contributed by atoms with Gasteiger partial charge >= 0.3 is 5.97 Å². The summed E-state index contributed by atoms with van der Waals surface area (Å²) in [5.41, 5.74) is 6.17. The lowest BCUT2D eigenvalue weighted by molar-refractivity contribution is -0.149. The average molecular weight is 337 g/mol. The summed E-state index contributed by atoms with van der Waals surface area (Å²) in [6, 6.07) is 0.0243. The van der Waals surface area contributed by atoms with Gasteiger partial charge in [-0.3, -0.25) is 4.79 Å². The van der Waals surface area contributed by atoms with Gasteiger partial charge in [0.2, 0.25) is 0 Å². The van der Waals surface area contributed by atoms with Crippen LogP contribution >= 0.6 is 0 Å². The maximum absolute atomic E-state index is 13.1. The minimum atomic E-state index is -0.247. The Kier molecular flexibility index (Phi) is 6.40. The van der Waals surface area contributed by atoms with E-state index in [1.165, 1.54) is 13.0 Å². The van der Waals surface area contributed by atoms with Gasteiger partial charge in [-0.2, -0.15) is 0 Å². The number of aliphatic imine (C=N–C) groups is 1. The number of rotatable bonds is 5. The number of hydrogen-bond donors (Lipinski definition) is 1. The smallest absolute Gasteiger partial charge is 0.308 e. The van der Waals surface area contributed by atoms with Gasteiger partial charge in [-0.25, -0.2) is 9.38 Å². The zero-order valence-electron chi connectivity index (χ0n) is 14.6. The lowest BCUT2D eigenvalue weighted by Gasteiger charge is -2.43. The third-order valence-electron chi connectivity index (χ3n) is 4.81. The first-order valence-corrected chi connectivity index (χ1v) is 8.71. The molecule has 24 heavy (non-hydrogen) atoms. The zero-order chi connectivity index (χ0) is 17.7. The molecule has 2 N–H and O–H groups in total. The topological polar surface area (TPSA) is 67.9 Å². The van der Waals surface area contributed by atoms with E-state index in [4.69, 9.17) is 10.5 Å². The third-order valence-corrected chi connectivity index (χ3v) is 4.81. The van der Waals surface area contributed by atoms with Gasteiger partial charge in [0.05, 0.1) is 30.4 Å². The summed E-state index contributed by atoms with van der Waals surface area (Å²) < 4.78 is 18.3. The molecule has 0 aromatic carbocycles. The second kappa shape index (κ2) is 8.31. The second-order valence-corrected chi connectivity index (χ2v) is 6.51. The molecule has 1 aliphatic heterocycles. The molecule has 0 aromatic rings. The normalized spacial score (nSPS) is 31.4. The van der Waals surface area contributed by atoms with Gasteiger partial charge in [0, 0.05) is 6.04 Å². The molecule has 2 aliphatic rings. The van der Waals surface area contributed by atoms with E-state index in [0.29, 0.717) is 19.0 Å². The maximum Gasteiger partial charge on any atom is 0.308 e. The number of carbonyl (C=O) groups excluding carboxylic acids is 1. The summed E-state index contributed by atoms with van der Waals surface area (Å²) in [7, 11) is 0. The Morgan fingerprint density at radius 3 is 2.67 bits per heavy atom. The number of nitrogens with two attached hydrogens (primary N) is 1. The Labute approximate surface area is 143 Å². The van der Waals surface area contributed by atoms with Crippen molar-refractivity contribution in [2.45, 2.75) is 64.1 Å².